The Morgan fingerprint density at radius 3 is 2.90 bits per heavy atom. The monoisotopic (exact) mass is 443 g/mol. The van der Waals surface area contributed by atoms with E-state index >= 15 is 0 Å². The molecule has 3 N–H and O–H groups in total. The van der Waals surface area contributed by atoms with Crippen LogP contribution in [0.3, 0.4) is 0 Å². The van der Waals surface area contributed by atoms with Crippen LogP contribution >= 0.6 is 11.6 Å². The number of amides is 3. The van der Waals surface area contributed by atoms with Crippen LogP contribution in [0.1, 0.15) is 31.2 Å². The van der Waals surface area contributed by atoms with E-state index in [0.29, 0.717) is 36.2 Å². The summed E-state index contributed by atoms with van der Waals surface area (Å²) < 4.78 is 6.02. The number of ether oxygens (including phenoxy) is 1. The number of carbonyl (C=O) groups is 2. The molecule has 0 radical (unpaired) electrons. The van der Waals surface area contributed by atoms with Crippen LogP contribution in [0.4, 0.5) is 16.2 Å². The average molecular weight is 444 g/mol. The number of piperazine rings is 1. The van der Waals surface area contributed by atoms with Gasteiger partial charge in [-0.25, -0.2) is 9.78 Å². The fourth-order valence-electron chi connectivity index (χ4n) is 3.86. The number of urea groups is 1. The Balaban J connectivity index is 1.33. The minimum absolute atomic E-state index is 0.0319. The van der Waals surface area contributed by atoms with Crippen molar-refractivity contribution in [3.8, 4) is 5.88 Å². The summed E-state index contributed by atoms with van der Waals surface area (Å²) in [6.45, 7) is 1.84. The molecule has 31 heavy (non-hydrogen) atoms. The number of halogens is 1. The summed E-state index contributed by atoms with van der Waals surface area (Å²) in [6.07, 6.45) is 6.35. The zero-order chi connectivity index (χ0) is 21.6. The van der Waals surface area contributed by atoms with Crippen LogP contribution in [-0.2, 0) is 11.3 Å². The van der Waals surface area contributed by atoms with Gasteiger partial charge in [-0.05, 0) is 49.9 Å². The number of hydrogen-bond donors (Lipinski definition) is 3. The summed E-state index contributed by atoms with van der Waals surface area (Å²) in [6, 6.07) is 8.64. The number of pyridine rings is 1. The number of aromatic nitrogens is 1. The second-order valence-electron chi connectivity index (χ2n) is 7.74. The molecule has 0 atom stereocenters. The normalized spacial score (nSPS) is 16.7. The summed E-state index contributed by atoms with van der Waals surface area (Å²) in [5, 5.41) is 8.90. The van der Waals surface area contributed by atoms with Crippen molar-refractivity contribution in [3.05, 3.63) is 47.1 Å². The molecule has 164 valence electrons. The van der Waals surface area contributed by atoms with Gasteiger partial charge in [-0.3, -0.25) is 4.79 Å². The lowest BCUT2D eigenvalue weighted by Gasteiger charge is -2.29. The Bertz CT molecular complexity index is 948. The molecule has 0 unspecified atom stereocenters. The molecule has 9 heteroatoms. The highest BCUT2D eigenvalue weighted by Crippen LogP contribution is 2.29. The Hall–Kier alpha value is -3.00. The predicted molar refractivity (Wildman–Crippen MR) is 120 cm³/mol. The zero-order valence-corrected chi connectivity index (χ0v) is 18.0. The van der Waals surface area contributed by atoms with Crippen molar-refractivity contribution in [1.29, 1.82) is 0 Å². The molecule has 1 aromatic carbocycles. The van der Waals surface area contributed by atoms with E-state index in [1.165, 1.54) is 12.8 Å². The number of anilines is 2. The molecule has 4 rings (SSSR count). The van der Waals surface area contributed by atoms with E-state index in [0.717, 1.165) is 24.1 Å². The lowest BCUT2D eigenvalue weighted by molar-refractivity contribution is -0.120. The fourth-order valence-corrected chi connectivity index (χ4v) is 4.17. The number of benzene rings is 1. The van der Waals surface area contributed by atoms with Crippen molar-refractivity contribution in [2.24, 2.45) is 0 Å². The predicted octanol–water partition coefficient (Wildman–Crippen LogP) is 3.31. The van der Waals surface area contributed by atoms with Gasteiger partial charge in [-0.15, -0.1) is 0 Å². The van der Waals surface area contributed by atoms with Crippen molar-refractivity contribution in [1.82, 2.24) is 15.6 Å². The molecule has 1 aliphatic heterocycles. The van der Waals surface area contributed by atoms with Gasteiger partial charge in [-0.2, -0.15) is 0 Å². The first-order chi connectivity index (χ1) is 15.1. The summed E-state index contributed by atoms with van der Waals surface area (Å²) in [5.41, 5.74) is 2.18. The molecule has 1 saturated carbocycles. The molecule has 1 aliphatic carbocycles. The van der Waals surface area contributed by atoms with E-state index in [-0.39, 0.29) is 24.6 Å². The molecule has 0 spiro atoms. The summed E-state index contributed by atoms with van der Waals surface area (Å²) in [4.78, 5) is 30.2. The van der Waals surface area contributed by atoms with Gasteiger partial charge in [0.05, 0.1) is 17.3 Å². The van der Waals surface area contributed by atoms with Crippen molar-refractivity contribution < 1.29 is 14.3 Å². The van der Waals surface area contributed by atoms with Gasteiger partial charge in [0.25, 0.3) is 0 Å². The third-order valence-corrected chi connectivity index (χ3v) is 5.76. The van der Waals surface area contributed by atoms with Gasteiger partial charge in [0, 0.05) is 37.1 Å². The summed E-state index contributed by atoms with van der Waals surface area (Å²) in [5.74, 6) is 0.545. The second-order valence-corrected chi connectivity index (χ2v) is 8.14. The Morgan fingerprint density at radius 1 is 1.29 bits per heavy atom. The molecule has 2 fully saturated rings. The van der Waals surface area contributed by atoms with Gasteiger partial charge in [0.2, 0.25) is 11.8 Å². The van der Waals surface area contributed by atoms with Crippen molar-refractivity contribution in [3.63, 3.8) is 0 Å². The minimum atomic E-state index is -0.350. The van der Waals surface area contributed by atoms with Gasteiger partial charge in [0.1, 0.15) is 6.10 Å². The molecule has 2 aliphatic rings. The third kappa shape index (κ3) is 5.58. The van der Waals surface area contributed by atoms with E-state index in [1.54, 1.807) is 18.3 Å². The Kier molecular flexibility index (Phi) is 6.76. The summed E-state index contributed by atoms with van der Waals surface area (Å²) in [7, 11) is 0. The quantitative estimate of drug-likeness (QED) is 0.636. The van der Waals surface area contributed by atoms with E-state index < -0.39 is 0 Å². The zero-order valence-electron chi connectivity index (χ0n) is 17.2. The highest BCUT2D eigenvalue weighted by atomic mass is 35.5. The minimum Gasteiger partial charge on any atom is -0.474 e. The van der Waals surface area contributed by atoms with Crippen molar-refractivity contribution >= 4 is 34.9 Å². The van der Waals surface area contributed by atoms with Crippen molar-refractivity contribution in [2.75, 3.05) is 29.9 Å². The maximum atomic E-state index is 12.4. The Labute approximate surface area is 186 Å². The molecule has 2 heterocycles. The van der Waals surface area contributed by atoms with Gasteiger partial charge in [0.15, 0.2) is 0 Å². The first-order valence-corrected chi connectivity index (χ1v) is 10.9. The van der Waals surface area contributed by atoms with Crippen LogP contribution < -0.4 is 25.6 Å². The Morgan fingerprint density at radius 2 is 2.13 bits per heavy atom. The van der Waals surface area contributed by atoms with E-state index in [1.807, 2.05) is 23.1 Å². The van der Waals surface area contributed by atoms with Gasteiger partial charge < -0.3 is 25.6 Å². The number of nitrogens with one attached hydrogen (secondary N) is 3. The molecule has 8 nitrogen and oxygen atoms in total. The molecule has 0 bridgehead atoms. The molecule has 1 aromatic heterocycles. The van der Waals surface area contributed by atoms with Crippen LogP contribution in [0.25, 0.3) is 0 Å². The number of rotatable bonds is 6. The third-order valence-electron chi connectivity index (χ3n) is 5.45. The topological polar surface area (TPSA) is 95.6 Å². The van der Waals surface area contributed by atoms with Crippen molar-refractivity contribution in [2.45, 2.75) is 38.3 Å². The summed E-state index contributed by atoms with van der Waals surface area (Å²) >= 11 is 6.40. The molecule has 1 saturated heterocycles. The highest BCUT2D eigenvalue weighted by molar-refractivity contribution is 6.33. The standard InChI is InChI=1S/C22H26ClN5O3/c23-18-12-16(7-8-19(18)28-11-10-24-20(29)14-28)27-22(30)26-13-15-4-3-9-25-21(15)31-17-5-1-2-6-17/h3-4,7-9,12,17H,1-2,5-6,10-11,13-14H2,(H,24,29)(H2,26,27,30). The van der Waals surface area contributed by atoms with Gasteiger partial charge in [-0.1, -0.05) is 17.7 Å². The van der Waals surface area contributed by atoms with Crippen LogP contribution in [0.5, 0.6) is 5.88 Å². The average Bonchev–Trinajstić information content (AvgIpc) is 3.26. The van der Waals surface area contributed by atoms with Crippen LogP contribution in [0.15, 0.2) is 36.5 Å². The SMILES string of the molecule is O=C1CN(c2ccc(NC(=O)NCc3cccnc3OC3CCCC3)cc2Cl)CCN1. The first kappa shape index (κ1) is 21.2. The van der Waals surface area contributed by atoms with E-state index in [2.05, 4.69) is 20.9 Å². The first-order valence-electron chi connectivity index (χ1n) is 10.5. The lowest BCUT2D eigenvalue weighted by Crippen LogP contribution is -2.47. The molecule has 2 aromatic rings. The number of hydrogen-bond acceptors (Lipinski definition) is 5. The smallest absolute Gasteiger partial charge is 0.319 e. The molecular weight excluding hydrogens is 418 g/mol. The largest absolute Gasteiger partial charge is 0.474 e. The second kappa shape index (κ2) is 9.87. The number of nitrogens with zero attached hydrogens (tertiary/aromatic N) is 2. The lowest BCUT2D eigenvalue weighted by atomic mass is 10.2. The van der Waals surface area contributed by atoms with Crippen LogP contribution in [-0.4, -0.2) is 42.7 Å². The molecule has 3 amide bonds. The van der Waals surface area contributed by atoms with Gasteiger partial charge >= 0.3 is 6.03 Å². The van der Waals surface area contributed by atoms with E-state index in [4.69, 9.17) is 16.3 Å². The van der Waals surface area contributed by atoms with E-state index in [9.17, 15) is 9.59 Å². The number of carbonyl (C=O) groups excluding carboxylic acids is 2. The molecular formula is C22H26ClN5O3. The maximum Gasteiger partial charge on any atom is 0.319 e. The van der Waals surface area contributed by atoms with Crippen LogP contribution in [0, 0.1) is 0 Å². The highest BCUT2D eigenvalue weighted by Gasteiger charge is 2.20. The van der Waals surface area contributed by atoms with Crippen LogP contribution in [0.2, 0.25) is 5.02 Å². The maximum absolute atomic E-state index is 12.4. The fraction of sp³-hybridized carbons (Fsp3) is 0.409.